The van der Waals surface area contributed by atoms with E-state index in [1.807, 2.05) is 0 Å². The monoisotopic (exact) mass is 373 g/mol. The first-order chi connectivity index (χ1) is 8.93. The third-order valence-electron chi connectivity index (χ3n) is 2.15. The van der Waals surface area contributed by atoms with Gasteiger partial charge in [-0.1, -0.05) is 20.3 Å². The first kappa shape index (κ1) is 17.5. The van der Waals surface area contributed by atoms with Crippen LogP contribution in [0.2, 0.25) is 0 Å². The lowest BCUT2D eigenvalue weighted by Crippen LogP contribution is -2.32. The Morgan fingerprint density at radius 2 is 1.80 bits per heavy atom. The largest absolute Gasteiger partial charge is 0.591 e. The summed E-state index contributed by atoms with van der Waals surface area (Å²) in [6.07, 6.45) is -4.90. The molecule has 0 aliphatic heterocycles. The topological polar surface area (TPSA) is 35.4 Å². The van der Waals surface area contributed by atoms with Gasteiger partial charge < -0.3 is 4.55 Å². The fourth-order valence-corrected chi connectivity index (χ4v) is 2.16. The van der Waals surface area contributed by atoms with Crippen molar-refractivity contribution in [3.63, 3.8) is 0 Å². The van der Waals surface area contributed by atoms with Crippen LogP contribution in [0, 0.1) is 5.82 Å². The predicted molar refractivity (Wildman–Crippen MR) is 74.6 cm³/mol. The molecule has 1 rings (SSSR count). The SMILES string of the molecule is CC(C)(C)[S+]([O-])/N=C(/c1cc(Br)ccc1F)C(F)(F)F. The molecular formula is C12H12BrF4NOS. The highest BCUT2D eigenvalue weighted by Gasteiger charge is 2.42. The Morgan fingerprint density at radius 3 is 2.25 bits per heavy atom. The van der Waals surface area contributed by atoms with Crippen molar-refractivity contribution in [1.82, 2.24) is 0 Å². The van der Waals surface area contributed by atoms with E-state index in [2.05, 4.69) is 20.3 Å². The molecule has 1 unspecified atom stereocenters. The van der Waals surface area contributed by atoms with Crippen LogP contribution in [0.25, 0.3) is 0 Å². The highest BCUT2D eigenvalue weighted by Crippen LogP contribution is 2.29. The van der Waals surface area contributed by atoms with Gasteiger partial charge in [0.15, 0.2) is 0 Å². The number of halogens is 5. The van der Waals surface area contributed by atoms with Gasteiger partial charge >= 0.3 is 6.18 Å². The molecule has 0 fully saturated rings. The Hall–Kier alpha value is -0.600. The quantitative estimate of drug-likeness (QED) is 0.429. The molecule has 0 heterocycles. The second-order valence-electron chi connectivity index (χ2n) is 4.92. The van der Waals surface area contributed by atoms with Crippen molar-refractivity contribution < 1.29 is 22.1 Å². The fourth-order valence-electron chi connectivity index (χ4n) is 1.15. The van der Waals surface area contributed by atoms with Gasteiger partial charge in [-0.15, -0.1) is 0 Å². The number of hydrogen-bond acceptors (Lipinski definition) is 2. The molecule has 0 aliphatic rings. The van der Waals surface area contributed by atoms with E-state index in [1.54, 1.807) is 0 Å². The van der Waals surface area contributed by atoms with Gasteiger partial charge in [0, 0.05) is 10.0 Å². The van der Waals surface area contributed by atoms with Crippen molar-refractivity contribution >= 4 is 33.0 Å². The summed E-state index contributed by atoms with van der Waals surface area (Å²) < 4.78 is 66.9. The second kappa shape index (κ2) is 6.03. The normalized spacial score (nSPS) is 15.3. The lowest BCUT2D eigenvalue weighted by molar-refractivity contribution is -0.0580. The zero-order chi connectivity index (χ0) is 15.7. The average Bonchev–Trinajstić information content (AvgIpc) is 2.26. The van der Waals surface area contributed by atoms with Crippen molar-refractivity contribution in [2.24, 2.45) is 4.40 Å². The van der Waals surface area contributed by atoms with Crippen LogP contribution in [0.15, 0.2) is 27.1 Å². The summed E-state index contributed by atoms with van der Waals surface area (Å²) in [5.41, 5.74) is -2.21. The first-order valence-electron chi connectivity index (χ1n) is 5.46. The molecule has 0 saturated heterocycles. The van der Waals surface area contributed by atoms with Gasteiger partial charge in [0.25, 0.3) is 0 Å². The number of rotatable bonds is 2. The molecule has 112 valence electrons. The summed E-state index contributed by atoms with van der Waals surface area (Å²) >= 11 is 0.829. The smallest absolute Gasteiger partial charge is 0.438 e. The van der Waals surface area contributed by atoms with E-state index < -0.39 is 39.4 Å². The zero-order valence-corrected chi connectivity index (χ0v) is 13.3. The minimum atomic E-state index is -4.90. The molecule has 0 aliphatic carbocycles. The summed E-state index contributed by atoms with van der Waals surface area (Å²) in [6, 6.07) is 3.12. The van der Waals surface area contributed by atoms with Crippen LogP contribution in [0.5, 0.6) is 0 Å². The van der Waals surface area contributed by atoms with Crippen LogP contribution >= 0.6 is 15.9 Å². The average molecular weight is 374 g/mol. The van der Waals surface area contributed by atoms with Crippen molar-refractivity contribution in [2.75, 3.05) is 0 Å². The molecule has 0 saturated carbocycles. The van der Waals surface area contributed by atoms with E-state index in [0.29, 0.717) is 0 Å². The van der Waals surface area contributed by atoms with Crippen molar-refractivity contribution in [1.29, 1.82) is 0 Å². The third-order valence-corrected chi connectivity index (χ3v) is 4.04. The Labute approximate surface area is 125 Å². The summed E-state index contributed by atoms with van der Waals surface area (Å²) in [5.74, 6) is -1.07. The van der Waals surface area contributed by atoms with Gasteiger partial charge in [0.2, 0.25) is 5.71 Å². The van der Waals surface area contributed by atoms with Gasteiger partial charge in [-0.25, -0.2) is 4.39 Å². The van der Waals surface area contributed by atoms with Gasteiger partial charge in [-0.05, 0) is 39.0 Å². The molecule has 1 atom stereocenters. The third kappa shape index (κ3) is 4.46. The van der Waals surface area contributed by atoms with Crippen LogP contribution < -0.4 is 0 Å². The predicted octanol–water partition coefficient (Wildman–Crippen LogP) is 4.40. The maximum atomic E-state index is 13.6. The van der Waals surface area contributed by atoms with Gasteiger partial charge in [-0.2, -0.15) is 13.2 Å². The Balaban J connectivity index is 3.42. The molecule has 0 spiro atoms. The lowest BCUT2D eigenvalue weighted by Gasteiger charge is -2.20. The van der Waals surface area contributed by atoms with E-state index in [4.69, 9.17) is 0 Å². The molecule has 0 bridgehead atoms. The zero-order valence-electron chi connectivity index (χ0n) is 10.9. The molecule has 0 aromatic heterocycles. The lowest BCUT2D eigenvalue weighted by atomic mass is 10.1. The first-order valence-corrected chi connectivity index (χ1v) is 7.36. The van der Waals surface area contributed by atoms with Crippen LogP contribution in [-0.2, 0) is 11.4 Å². The number of nitrogens with zero attached hydrogens (tertiary/aromatic N) is 1. The van der Waals surface area contributed by atoms with E-state index in [-0.39, 0.29) is 4.47 Å². The Morgan fingerprint density at radius 1 is 1.25 bits per heavy atom. The Kier molecular flexibility index (Phi) is 5.26. The van der Waals surface area contributed by atoms with Crippen molar-refractivity contribution in [3.8, 4) is 0 Å². The molecule has 8 heteroatoms. The van der Waals surface area contributed by atoms with Crippen molar-refractivity contribution in [3.05, 3.63) is 34.1 Å². The summed E-state index contributed by atoms with van der Waals surface area (Å²) in [7, 11) is 0. The number of alkyl halides is 3. The minimum Gasteiger partial charge on any atom is -0.591 e. The minimum absolute atomic E-state index is 0.271. The van der Waals surface area contributed by atoms with Gasteiger partial charge in [-0.3, -0.25) is 0 Å². The van der Waals surface area contributed by atoms with Crippen LogP contribution in [0.4, 0.5) is 17.6 Å². The molecule has 0 radical (unpaired) electrons. The highest BCUT2D eigenvalue weighted by molar-refractivity contribution is 9.10. The maximum Gasteiger partial charge on any atom is 0.438 e. The standard InChI is InChI=1S/C12H12BrF4NOS/c1-11(2,3)20(19)18-10(12(15,16)17)8-6-7(13)4-5-9(8)14/h4-6H,1-3H3/b18-10-. The summed E-state index contributed by atoms with van der Waals surface area (Å²) in [5, 5.41) is 0. The molecule has 20 heavy (non-hydrogen) atoms. The maximum absolute atomic E-state index is 13.6. The molecule has 0 amide bonds. The molecule has 2 nitrogen and oxygen atoms in total. The van der Waals surface area contributed by atoms with E-state index >= 15 is 0 Å². The number of benzene rings is 1. The van der Waals surface area contributed by atoms with Crippen LogP contribution in [0.1, 0.15) is 26.3 Å². The second-order valence-corrected chi connectivity index (χ2v) is 7.74. The molecule has 0 N–H and O–H groups in total. The molecular weight excluding hydrogens is 362 g/mol. The van der Waals surface area contributed by atoms with E-state index in [9.17, 15) is 22.1 Å². The Bertz CT molecular complexity index is 525. The fraction of sp³-hybridized carbons (Fsp3) is 0.417. The highest BCUT2D eigenvalue weighted by atomic mass is 79.9. The van der Waals surface area contributed by atoms with Gasteiger partial charge in [0.1, 0.15) is 21.9 Å². The summed E-state index contributed by atoms with van der Waals surface area (Å²) in [6.45, 7) is 4.45. The van der Waals surface area contributed by atoms with Crippen molar-refractivity contribution in [2.45, 2.75) is 31.7 Å². The van der Waals surface area contributed by atoms with E-state index in [0.717, 1.165) is 12.1 Å². The van der Waals surface area contributed by atoms with Gasteiger partial charge in [0.05, 0.1) is 0 Å². The van der Waals surface area contributed by atoms with Crippen LogP contribution in [0.3, 0.4) is 0 Å². The van der Waals surface area contributed by atoms with E-state index in [1.165, 1.54) is 26.8 Å². The van der Waals surface area contributed by atoms with Crippen LogP contribution in [-0.4, -0.2) is 21.2 Å². The molecule has 1 aromatic rings. The molecule has 1 aromatic carbocycles. The summed E-state index contributed by atoms with van der Waals surface area (Å²) in [4.78, 5) is 0. The number of hydrogen-bond donors (Lipinski definition) is 0.